The van der Waals surface area contributed by atoms with Crippen LogP contribution in [0.25, 0.3) is 10.9 Å². The molecule has 1 aromatic heterocycles. The number of ether oxygens (including phenoxy) is 1. The number of aromatic nitrogens is 1. The Hall–Kier alpha value is -4.40. The number of para-hydroxylation sites is 1. The quantitative estimate of drug-likeness (QED) is 0.0957. The van der Waals surface area contributed by atoms with Crippen molar-refractivity contribution in [2.45, 2.75) is 78.0 Å². The number of amides is 4. The Morgan fingerprint density at radius 2 is 1.65 bits per heavy atom. The molecule has 3 rings (SSSR count). The highest BCUT2D eigenvalue weighted by Gasteiger charge is 2.39. The summed E-state index contributed by atoms with van der Waals surface area (Å²) in [6.07, 6.45) is -0.127. The van der Waals surface area contributed by atoms with Crippen molar-refractivity contribution in [3.63, 3.8) is 0 Å². The zero-order valence-electron chi connectivity index (χ0n) is 27.6. The van der Waals surface area contributed by atoms with Gasteiger partial charge in [0.15, 0.2) is 0 Å². The van der Waals surface area contributed by atoms with Gasteiger partial charge in [-0.15, -0.1) is 4.62 Å². The van der Waals surface area contributed by atoms with E-state index < -0.39 is 55.7 Å². The van der Waals surface area contributed by atoms with Crippen LogP contribution in [-0.4, -0.2) is 68.3 Å². The molecule has 0 radical (unpaired) electrons. The minimum absolute atomic E-state index is 0.0301. The van der Waals surface area contributed by atoms with Crippen molar-refractivity contribution in [3.05, 3.63) is 78.0 Å². The van der Waals surface area contributed by atoms with Gasteiger partial charge in [0.25, 0.3) is 11.8 Å². The number of hydrogen-bond acceptors (Lipinski definition) is 10. The van der Waals surface area contributed by atoms with Gasteiger partial charge in [0, 0.05) is 11.4 Å². The summed E-state index contributed by atoms with van der Waals surface area (Å²) in [6, 6.07) is 17.5. The summed E-state index contributed by atoms with van der Waals surface area (Å²) in [5.74, 6) is -2.71. The van der Waals surface area contributed by atoms with Crippen LogP contribution < -0.4 is 16.5 Å². The van der Waals surface area contributed by atoms with E-state index in [1.54, 1.807) is 39.0 Å². The number of carbonyl (C=O) groups is 4. The number of pyridine rings is 1. The second-order valence-corrected chi connectivity index (χ2v) is 13.4. The van der Waals surface area contributed by atoms with Crippen molar-refractivity contribution in [2.75, 3.05) is 6.61 Å². The number of hydrazine groups is 2. The van der Waals surface area contributed by atoms with Crippen LogP contribution in [-0.2, 0) is 34.5 Å². The summed E-state index contributed by atoms with van der Waals surface area (Å²) in [7, 11) is -4.97. The third-order valence-electron chi connectivity index (χ3n) is 6.46. The van der Waals surface area contributed by atoms with E-state index in [9.17, 15) is 28.6 Å². The Morgan fingerprint density at radius 1 is 0.979 bits per heavy atom. The molecular formula is C32H43N6O9P. The van der Waals surface area contributed by atoms with E-state index in [1.165, 1.54) is 19.9 Å². The molecule has 0 aliphatic carbocycles. The number of rotatable bonds is 16. The highest BCUT2D eigenvalue weighted by atomic mass is 31.2. The number of benzene rings is 2. The Bertz CT molecular complexity index is 1620. The lowest BCUT2D eigenvalue weighted by Crippen LogP contribution is -2.62. The normalized spacial score (nSPS) is 13.5. The van der Waals surface area contributed by atoms with Crippen LogP contribution in [0.4, 0.5) is 4.79 Å². The van der Waals surface area contributed by atoms with Gasteiger partial charge in [0.1, 0.15) is 17.3 Å². The Labute approximate surface area is 279 Å². The number of nitrogens with one attached hydrogen (secondary N) is 2. The van der Waals surface area contributed by atoms with Gasteiger partial charge < -0.3 is 20.7 Å². The number of carbonyl (C=O) groups excluding carboxylic acids is 4. The maximum Gasteiger partial charge on any atom is 0.495 e. The fraction of sp³-hybridized carbons (Fsp3) is 0.406. The summed E-state index contributed by atoms with van der Waals surface area (Å²) in [4.78, 5) is 66.6. The molecule has 0 aliphatic heterocycles. The standard InChI is InChI=1S/C32H43N6O9P/c1-22(2)37(36-30(41)27(21-28(33)39)35-29(40)26-19-18-24-16-9-10-17-25(24)34-26)38(31(42)46-32(3,4)5)47-48(43,44)45-20-12-11-15-23-13-7-6-8-14-23/h6-10,13-14,16-19,22,27H,11-12,15,20-21H2,1-5H3,(H2,33,39)(H,35,40)(H,36,41)(H,43,44)/t27-/m0/s1. The van der Waals surface area contributed by atoms with Crippen molar-refractivity contribution in [2.24, 2.45) is 5.73 Å². The van der Waals surface area contributed by atoms with Crippen LogP contribution in [0.1, 0.15) is 69.9 Å². The summed E-state index contributed by atoms with van der Waals surface area (Å²) < 4.78 is 28.7. The number of unbranched alkanes of at least 4 members (excludes halogenated alkanes) is 1. The van der Waals surface area contributed by atoms with E-state index in [4.69, 9.17) is 19.6 Å². The molecule has 2 aromatic carbocycles. The fourth-order valence-electron chi connectivity index (χ4n) is 4.25. The molecule has 0 aliphatic rings. The number of phosphoric ester groups is 1. The summed E-state index contributed by atoms with van der Waals surface area (Å²) in [5.41, 5.74) is 8.25. The van der Waals surface area contributed by atoms with Crippen LogP contribution >= 0.6 is 7.82 Å². The van der Waals surface area contributed by atoms with Crippen molar-refractivity contribution in [3.8, 4) is 0 Å². The van der Waals surface area contributed by atoms with Crippen molar-refractivity contribution >= 4 is 42.5 Å². The number of hydroxylamine groups is 1. The molecule has 0 fully saturated rings. The molecule has 0 saturated heterocycles. The van der Waals surface area contributed by atoms with Gasteiger partial charge in [0.2, 0.25) is 5.91 Å². The number of fused-ring (bicyclic) bond motifs is 1. The van der Waals surface area contributed by atoms with Gasteiger partial charge in [-0.3, -0.25) is 24.3 Å². The van der Waals surface area contributed by atoms with E-state index in [1.807, 2.05) is 42.5 Å². The molecule has 0 bridgehead atoms. The average Bonchev–Trinajstić information content (AvgIpc) is 3.01. The Balaban J connectivity index is 1.76. The lowest BCUT2D eigenvalue weighted by atomic mass is 10.1. The molecule has 2 atom stereocenters. The number of aryl methyl sites for hydroxylation is 1. The first-order valence-corrected chi connectivity index (χ1v) is 16.8. The molecule has 15 nitrogen and oxygen atoms in total. The highest BCUT2D eigenvalue weighted by molar-refractivity contribution is 7.47. The molecule has 1 heterocycles. The summed E-state index contributed by atoms with van der Waals surface area (Å²) in [5, 5.41) is 4.25. The summed E-state index contributed by atoms with van der Waals surface area (Å²) >= 11 is 0. The molecule has 5 N–H and O–H groups in total. The van der Waals surface area contributed by atoms with Crippen molar-refractivity contribution in [1.29, 1.82) is 0 Å². The molecule has 0 spiro atoms. The van der Waals surface area contributed by atoms with Gasteiger partial charge in [-0.2, -0.15) is 0 Å². The topological polar surface area (TPSA) is 203 Å². The van der Waals surface area contributed by atoms with E-state index >= 15 is 0 Å². The lowest BCUT2D eigenvalue weighted by molar-refractivity contribution is -0.242. The van der Waals surface area contributed by atoms with Crippen LogP contribution in [0.5, 0.6) is 0 Å². The van der Waals surface area contributed by atoms with Gasteiger partial charge >= 0.3 is 13.9 Å². The fourth-order valence-corrected chi connectivity index (χ4v) is 5.00. The monoisotopic (exact) mass is 686 g/mol. The number of nitrogens with zero attached hydrogens (tertiary/aromatic N) is 3. The average molecular weight is 687 g/mol. The molecule has 3 aromatic rings. The SMILES string of the molecule is CC(C)N(NC(=O)[C@H](CC(N)=O)NC(=O)c1ccc2ccccc2n1)N(OP(=O)(O)OCCCCc1ccccc1)C(=O)OC(C)(C)C. The molecule has 260 valence electrons. The molecule has 0 saturated carbocycles. The lowest BCUT2D eigenvalue weighted by Gasteiger charge is -2.37. The molecule has 1 unspecified atom stereocenters. The van der Waals surface area contributed by atoms with Gasteiger partial charge in [0.05, 0.1) is 18.5 Å². The zero-order valence-corrected chi connectivity index (χ0v) is 28.5. The predicted octanol–water partition coefficient (Wildman–Crippen LogP) is 4.17. The molecular weight excluding hydrogens is 643 g/mol. The number of nitrogens with two attached hydrogens (primary N) is 1. The first-order chi connectivity index (χ1) is 22.5. The molecule has 48 heavy (non-hydrogen) atoms. The zero-order chi connectivity index (χ0) is 35.5. The number of phosphoric acid groups is 1. The van der Waals surface area contributed by atoms with Gasteiger partial charge in [-0.25, -0.2) is 14.3 Å². The minimum Gasteiger partial charge on any atom is -0.441 e. The maximum absolute atomic E-state index is 13.5. The largest absolute Gasteiger partial charge is 0.495 e. The predicted molar refractivity (Wildman–Crippen MR) is 176 cm³/mol. The van der Waals surface area contributed by atoms with E-state index in [2.05, 4.69) is 15.7 Å². The third-order valence-corrected chi connectivity index (χ3v) is 7.32. The first-order valence-electron chi connectivity index (χ1n) is 15.3. The van der Waals surface area contributed by atoms with E-state index in [-0.39, 0.29) is 17.5 Å². The third kappa shape index (κ3) is 12.3. The smallest absolute Gasteiger partial charge is 0.441 e. The second kappa shape index (κ2) is 17.1. The van der Waals surface area contributed by atoms with Crippen LogP contribution in [0, 0.1) is 0 Å². The number of primary amides is 1. The number of hydrogen-bond donors (Lipinski definition) is 4. The highest BCUT2D eigenvalue weighted by Crippen LogP contribution is 2.45. The minimum atomic E-state index is -4.97. The second-order valence-electron chi connectivity index (χ2n) is 12.1. The van der Waals surface area contributed by atoms with Gasteiger partial charge in [-0.1, -0.05) is 64.9 Å². The first kappa shape index (κ1) is 38.1. The Morgan fingerprint density at radius 3 is 2.29 bits per heavy atom. The van der Waals surface area contributed by atoms with E-state index in [0.717, 1.165) is 22.5 Å². The van der Waals surface area contributed by atoms with E-state index in [0.29, 0.717) is 18.4 Å². The Kier molecular flexibility index (Phi) is 13.6. The molecule has 4 amide bonds. The van der Waals surface area contributed by atoms with Crippen LogP contribution in [0.3, 0.4) is 0 Å². The van der Waals surface area contributed by atoms with Gasteiger partial charge in [-0.05, 0) is 71.6 Å². The van der Waals surface area contributed by atoms with Crippen molar-refractivity contribution < 1.29 is 42.5 Å². The molecule has 16 heteroatoms. The van der Waals surface area contributed by atoms with Crippen LogP contribution in [0.2, 0.25) is 0 Å². The summed E-state index contributed by atoms with van der Waals surface area (Å²) in [6.45, 7) is 7.54. The maximum atomic E-state index is 13.5. The van der Waals surface area contributed by atoms with Crippen LogP contribution in [0.15, 0.2) is 66.7 Å². The van der Waals surface area contributed by atoms with Crippen molar-refractivity contribution in [1.82, 2.24) is 26.0 Å².